The maximum atomic E-state index is 11.7. The number of nitrogens with zero attached hydrogens (tertiary/aromatic N) is 4. The molecule has 34 heavy (non-hydrogen) atoms. The van der Waals surface area contributed by atoms with Crippen molar-refractivity contribution in [1.29, 1.82) is 5.26 Å². The van der Waals surface area contributed by atoms with E-state index in [1.165, 1.54) is 32.4 Å². The van der Waals surface area contributed by atoms with Crippen LogP contribution in [0.3, 0.4) is 0 Å². The third kappa shape index (κ3) is 3.52. The van der Waals surface area contributed by atoms with Crippen molar-refractivity contribution in [3.05, 3.63) is 57.1 Å². The molecule has 0 fully saturated rings. The Balaban J connectivity index is 2.06. The van der Waals surface area contributed by atoms with Gasteiger partial charge in [0.1, 0.15) is 11.9 Å². The highest BCUT2D eigenvalue weighted by Crippen LogP contribution is 2.47. The number of nitriles is 1. The summed E-state index contributed by atoms with van der Waals surface area (Å²) in [5.41, 5.74) is 2.02. The zero-order valence-electron chi connectivity index (χ0n) is 19.4. The number of aromatic nitrogens is 2. The number of aliphatic hydroxyl groups excluding tert-OH is 1. The molecule has 178 valence electrons. The summed E-state index contributed by atoms with van der Waals surface area (Å²) < 4.78 is 18.7. The number of anilines is 1. The van der Waals surface area contributed by atoms with E-state index in [9.17, 15) is 20.5 Å². The normalized spacial score (nSPS) is 21.7. The average molecular weight is 467 g/mol. The second-order valence-electron chi connectivity index (χ2n) is 8.43. The van der Waals surface area contributed by atoms with Gasteiger partial charge in [-0.3, -0.25) is 20.0 Å². The molecule has 0 saturated carbocycles. The Morgan fingerprint density at radius 2 is 1.97 bits per heavy atom. The number of hydrogen-bond acceptors (Lipinski definition) is 9. The van der Waals surface area contributed by atoms with Gasteiger partial charge < -0.3 is 19.3 Å². The van der Waals surface area contributed by atoms with Gasteiger partial charge in [-0.1, -0.05) is 0 Å². The molecule has 0 radical (unpaired) electrons. The highest BCUT2D eigenvalue weighted by Gasteiger charge is 2.53. The molecule has 1 aliphatic heterocycles. The molecule has 11 heteroatoms. The molecule has 0 amide bonds. The van der Waals surface area contributed by atoms with E-state index < -0.39 is 29.0 Å². The Morgan fingerprint density at radius 1 is 1.29 bits per heavy atom. The summed E-state index contributed by atoms with van der Waals surface area (Å²) in [6, 6.07) is 7.04. The molecular formula is C23H25N5O6. The van der Waals surface area contributed by atoms with E-state index in [1.54, 1.807) is 11.5 Å². The number of aryl methyl sites for hydroxylation is 2. The summed E-state index contributed by atoms with van der Waals surface area (Å²) in [6.07, 6.45) is -0.403. The van der Waals surface area contributed by atoms with E-state index in [-0.39, 0.29) is 11.6 Å². The quantitative estimate of drug-likeness (QED) is 0.183. The molecule has 0 unspecified atom stereocenters. The Labute approximate surface area is 195 Å². The number of ether oxygens (including phenoxy) is 3. The van der Waals surface area contributed by atoms with Crippen LogP contribution in [-0.4, -0.2) is 51.8 Å². The molecule has 0 bridgehead atoms. The highest BCUT2D eigenvalue weighted by molar-refractivity contribution is 5.81. The number of benzene rings is 2. The minimum atomic E-state index is -1.41. The second kappa shape index (κ2) is 8.57. The van der Waals surface area contributed by atoms with Crippen molar-refractivity contribution >= 4 is 22.7 Å². The first-order valence-electron chi connectivity index (χ1n) is 10.5. The van der Waals surface area contributed by atoms with E-state index in [0.717, 1.165) is 11.1 Å². The summed E-state index contributed by atoms with van der Waals surface area (Å²) in [7, 11) is 2.86. The van der Waals surface area contributed by atoms with Gasteiger partial charge in [-0.2, -0.15) is 5.26 Å². The van der Waals surface area contributed by atoms with Crippen LogP contribution in [0.25, 0.3) is 11.0 Å². The first kappa shape index (κ1) is 23.4. The van der Waals surface area contributed by atoms with E-state index in [1.807, 2.05) is 32.2 Å². The van der Waals surface area contributed by atoms with Crippen LogP contribution in [0.5, 0.6) is 5.75 Å². The van der Waals surface area contributed by atoms with Crippen LogP contribution in [0.4, 0.5) is 11.6 Å². The minimum Gasteiger partial charge on any atom is -0.479 e. The average Bonchev–Trinajstić information content (AvgIpc) is 3.12. The summed E-state index contributed by atoms with van der Waals surface area (Å²) in [5, 5.41) is 35.2. The summed E-state index contributed by atoms with van der Waals surface area (Å²) >= 11 is 0. The Morgan fingerprint density at radius 3 is 2.59 bits per heavy atom. The van der Waals surface area contributed by atoms with Crippen molar-refractivity contribution in [3.63, 3.8) is 0 Å². The molecule has 2 N–H and O–H groups in total. The molecule has 2 aromatic carbocycles. The van der Waals surface area contributed by atoms with Gasteiger partial charge in [0.15, 0.2) is 18.1 Å². The standard InChI is InChI=1S/C23H25N5O6/c1-12-8-16-17(9-13(12)2)27(22(26-16)25-11-24)19-15-10-14(28(30)31)6-7-18(15)34-23(3,20(19)29)21(32-4)33-5/h6-10,19-21,29H,1-5H3,(H,25,26)/t19-,20+,23-/m0/s1. The number of rotatable bonds is 6. The van der Waals surface area contributed by atoms with Crippen LogP contribution >= 0.6 is 0 Å². The molecular weight excluding hydrogens is 442 g/mol. The maximum absolute atomic E-state index is 11.7. The SMILES string of the molecule is COC(OC)[C@@]1(C)Oc2ccc([N+](=O)[O-])cc2[C@H](n2c(NC#N)nc3cc(C)c(C)cc32)[C@H]1O. The zero-order valence-corrected chi connectivity index (χ0v) is 19.4. The lowest BCUT2D eigenvalue weighted by atomic mass is 9.84. The number of nitro groups is 1. The lowest BCUT2D eigenvalue weighted by Gasteiger charge is -2.47. The first-order valence-corrected chi connectivity index (χ1v) is 10.5. The van der Waals surface area contributed by atoms with E-state index >= 15 is 0 Å². The van der Waals surface area contributed by atoms with E-state index in [2.05, 4.69) is 10.3 Å². The first-order chi connectivity index (χ1) is 16.2. The Bertz CT molecular complexity index is 1310. The van der Waals surface area contributed by atoms with E-state index in [0.29, 0.717) is 22.3 Å². The minimum absolute atomic E-state index is 0.163. The predicted molar refractivity (Wildman–Crippen MR) is 123 cm³/mol. The lowest BCUT2D eigenvalue weighted by molar-refractivity contribution is -0.385. The van der Waals surface area contributed by atoms with Crippen molar-refractivity contribution in [2.24, 2.45) is 0 Å². The van der Waals surface area contributed by atoms with Crippen molar-refractivity contribution in [2.75, 3.05) is 19.5 Å². The molecule has 3 aromatic rings. The maximum Gasteiger partial charge on any atom is 0.270 e. The molecule has 0 spiro atoms. The molecule has 0 saturated heterocycles. The topological polar surface area (TPSA) is 145 Å². The molecule has 0 aliphatic carbocycles. The van der Waals surface area contributed by atoms with Crippen LogP contribution in [0.15, 0.2) is 30.3 Å². The second-order valence-corrected chi connectivity index (χ2v) is 8.43. The number of methoxy groups -OCH3 is 2. The Hall–Kier alpha value is -3.72. The predicted octanol–water partition coefficient (Wildman–Crippen LogP) is 3.17. The van der Waals surface area contributed by atoms with E-state index in [4.69, 9.17) is 14.2 Å². The molecule has 1 aromatic heterocycles. The van der Waals surface area contributed by atoms with Gasteiger partial charge in [0.25, 0.3) is 5.69 Å². The lowest BCUT2D eigenvalue weighted by Crippen LogP contribution is -2.60. The van der Waals surface area contributed by atoms with Gasteiger partial charge in [-0.15, -0.1) is 0 Å². The largest absolute Gasteiger partial charge is 0.479 e. The van der Waals surface area contributed by atoms with Gasteiger partial charge in [0.2, 0.25) is 5.95 Å². The molecule has 11 nitrogen and oxygen atoms in total. The fraction of sp³-hybridized carbons (Fsp3) is 0.391. The van der Waals surface area contributed by atoms with Crippen LogP contribution in [-0.2, 0) is 9.47 Å². The third-order valence-corrected chi connectivity index (χ3v) is 6.39. The zero-order chi connectivity index (χ0) is 24.8. The molecule has 2 heterocycles. The fourth-order valence-corrected chi connectivity index (χ4v) is 4.56. The highest BCUT2D eigenvalue weighted by atomic mass is 16.7. The van der Waals surface area contributed by atoms with Gasteiger partial charge in [0, 0.05) is 31.9 Å². The van der Waals surface area contributed by atoms with Crippen molar-refractivity contribution in [2.45, 2.75) is 44.8 Å². The van der Waals surface area contributed by atoms with Crippen molar-refractivity contribution in [1.82, 2.24) is 9.55 Å². The number of imidazole rings is 1. The monoisotopic (exact) mass is 467 g/mol. The molecule has 1 aliphatic rings. The summed E-state index contributed by atoms with van der Waals surface area (Å²) in [6.45, 7) is 5.53. The number of fused-ring (bicyclic) bond motifs is 2. The van der Waals surface area contributed by atoms with Crippen LogP contribution in [0, 0.1) is 35.4 Å². The number of nitrogens with one attached hydrogen (secondary N) is 1. The van der Waals surface area contributed by atoms with Gasteiger partial charge in [0.05, 0.1) is 22.0 Å². The fourth-order valence-electron chi connectivity index (χ4n) is 4.56. The number of hydrogen-bond donors (Lipinski definition) is 2. The smallest absolute Gasteiger partial charge is 0.270 e. The van der Waals surface area contributed by atoms with Crippen molar-refractivity contribution < 1.29 is 24.2 Å². The number of aliphatic hydroxyl groups is 1. The number of non-ortho nitro benzene ring substituents is 1. The molecule has 4 rings (SSSR count). The number of nitro benzene ring substituents is 1. The third-order valence-electron chi connectivity index (χ3n) is 6.39. The van der Waals surface area contributed by atoms with Crippen LogP contribution in [0.1, 0.15) is 29.7 Å². The summed E-state index contributed by atoms with van der Waals surface area (Å²) in [5.74, 6) is 0.496. The summed E-state index contributed by atoms with van der Waals surface area (Å²) in [4.78, 5) is 15.6. The van der Waals surface area contributed by atoms with Crippen molar-refractivity contribution in [3.8, 4) is 11.9 Å². The van der Waals surface area contributed by atoms with Crippen LogP contribution in [0.2, 0.25) is 0 Å². The van der Waals surface area contributed by atoms with Crippen LogP contribution < -0.4 is 10.1 Å². The Kier molecular flexibility index (Phi) is 5.91. The molecule has 3 atom stereocenters. The van der Waals surface area contributed by atoms with Gasteiger partial charge in [-0.05, 0) is 50.1 Å². The van der Waals surface area contributed by atoms with Gasteiger partial charge >= 0.3 is 0 Å². The van der Waals surface area contributed by atoms with Gasteiger partial charge in [-0.25, -0.2) is 4.98 Å².